The van der Waals surface area contributed by atoms with Gasteiger partial charge in [-0.05, 0) is 88.8 Å². The minimum atomic E-state index is -0.511. The monoisotopic (exact) mass is 439 g/mol. The van der Waals surface area contributed by atoms with Crippen LogP contribution in [0, 0.1) is 34.6 Å². The number of phenols is 1. The minimum absolute atomic E-state index is 0.391. The van der Waals surface area contributed by atoms with E-state index in [1.807, 2.05) is 27.7 Å². The van der Waals surface area contributed by atoms with Crippen molar-refractivity contribution in [1.29, 1.82) is 0 Å². The molecule has 2 aliphatic rings. The van der Waals surface area contributed by atoms with Gasteiger partial charge in [0.25, 0.3) is 0 Å². The van der Waals surface area contributed by atoms with Crippen molar-refractivity contribution in [1.82, 2.24) is 9.88 Å². The van der Waals surface area contributed by atoms with Crippen LogP contribution < -0.4 is 9.64 Å². The molecule has 1 unspecified atom stereocenters. The number of thiocarbonyl (C=S) groups is 1. The van der Waals surface area contributed by atoms with Gasteiger partial charge in [0.2, 0.25) is 0 Å². The molecule has 166 valence electrons. The largest absolute Gasteiger partial charge is 0.507 e. The smallest absolute Gasteiger partial charge is 0.156 e. The highest BCUT2D eigenvalue weighted by Crippen LogP contribution is 2.44. The van der Waals surface area contributed by atoms with Crippen LogP contribution in [0.2, 0.25) is 0 Å². The van der Waals surface area contributed by atoms with E-state index in [0.717, 1.165) is 83.5 Å². The first-order valence-electron chi connectivity index (χ1n) is 11.1. The third-order valence-corrected chi connectivity index (χ3v) is 7.64. The van der Waals surface area contributed by atoms with Crippen LogP contribution in [0.4, 0.5) is 5.82 Å². The fourth-order valence-corrected chi connectivity index (χ4v) is 5.18. The van der Waals surface area contributed by atoms with Gasteiger partial charge < -0.3 is 19.6 Å². The van der Waals surface area contributed by atoms with Gasteiger partial charge in [-0.2, -0.15) is 0 Å². The fraction of sp³-hybridized carbons (Fsp3) is 0.520. The lowest BCUT2D eigenvalue weighted by molar-refractivity contribution is 0.119. The summed E-state index contributed by atoms with van der Waals surface area (Å²) in [5.41, 5.74) is 5.74. The normalized spacial score (nSPS) is 21.0. The average Bonchev–Trinajstić information content (AvgIpc) is 2.75. The Balaban J connectivity index is 1.50. The number of rotatable bonds is 2. The first-order valence-corrected chi connectivity index (χ1v) is 11.5. The van der Waals surface area contributed by atoms with Crippen molar-refractivity contribution in [2.24, 2.45) is 0 Å². The highest BCUT2D eigenvalue weighted by molar-refractivity contribution is 7.80. The number of ether oxygens (including phenoxy) is 1. The van der Waals surface area contributed by atoms with E-state index in [0.29, 0.717) is 5.75 Å². The number of aryl methyl sites for hydroxylation is 2. The van der Waals surface area contributed by atoms with Crippen LogP contribution in [-0.2, 0) is 6.42 Å². The Kier molecular flexibility index (Phi) is 5.63. The first-order chi connectivity index (χ1) is 14.6. The van der Waals surface area contributed by atoms with E-state index in [9.17, 15) is 5.11 Å². The predicted molar refractivity (Wildman–Crippen MR) is 130 cm³/mol. The van der Waals surface area contributed by atoms with Gasteiger partial charge in [-0.25, -0.2) is 4.98 Å². The highest BCUT2D eigenvalue weighted by Gasteiger charge is 2.41. The number of piperazine rings is 1. The number of aromatic hydroxyl groups is 1. The van der Waals surface area contributed by atoms with Gasteiger partial charge in [0.1, 0.15) is 22.3 Å². The molecule has 2 aliphatic heterocycles. The molecule has 0 amide bonds. The Morgan fingerprint density at radius 3 is 2.35 bits per heavy atom. The average molecular weight is 440 g/mol. The second-order valence-corrected chi connectivity index (χ2v) is 9.67. The van der Waals surface area contributed by atoms with Gasteiger partial charge in [0, 0.05) is 37.4 Å². The SMILES string of the molecule is Cc1cc(C)nc(N2CCN(C(=S)C3(C)CCc4c(C)c(O)c(C)c(C)c4O3)CC2)c1. The molecule has 31 heavy (non-hydrogen) atoms. The Labute approximate surface area is 191 Å². The van der Waals surface area contributed by atoms with E-state index in [1.54, 1.807) is 0 Å². The molecular formula is C25H33N3O2S. The van der Waals surface area contributed by atoms with E-state index in [1.165, 1.54) is 5.56 Å². The third kappa shape index (κ3) is 3.86. The summed E-state index contributed by atoms with van der Waals surface area (Å²) in [4.78, 5) is 10.2. The number of hydrogen-bond donors (Lipinski definition) is 1. The number of benzene rings is 1. The third-order valence-electron chi connectivity index (χ3n) is 6.95. The molecule has 1 aromatic heterocycles. The summed E-state index contributed by atoms with van der Waals surface area (Å²) in [5.74, 6) is 2.35. The lowest BCUT2D eigenvalue weighted by Gasteiger charge is -2.44. The molecule has 1 atom stereocenters. The van der Waals surface area contributed by atoms with Gasteiger partial charge in [-0.15, -0.1) is 0 Å². The zero-order valence-electron chi connectivity index (χ0n) is 19.5. The summed E-state index contributed by atoms with van der Waals surface area (Å²) in [5, 5.41) is 10.4. The fourth-order valence-electron chi connectivity index (χ4n) is 4.85. The zero-order chi connectivity index (χ0) is 22.5. The van der Waals surface area contributed by atoms with E-state index in [4.69, 9.17) is 21.9 Å². The number of fused-ring (bicyclic) bond motifs is 1. The van der Waals surface area contributed by atoms with Gasteiger partial charge >= 0.3 is 0 Å². The lowest BCUT2D eigenvalue weighted by Crippen LogP contribution is -2.57. The maximum absolute atomic E-state index is 10.4. The summed E-state index contributed by atoms with van der Waals surface area (Å²) in [6, 6.07) is 4.27. The van der Waals surface area contributed by atoms with Gasteiger partial charge in [0.15, 0.2) is 5.60 Å². The molecule has 0 aliphatic carbocycles. The number of phenolic OH excluding ortho intramolecular Hbond substituents is 1. The molecular weight excluding hydrogens is 406 g/mol. The van der Waals surface area contributed by atoms with Crippen LogP contribution in [0.25, 0.3) is 0 Å². The van der Waals surface area contributed by atoms with Gasteiger partial charge in [-0.3, -0.25) is 0 Å². The molecule has 1 N–H and O–H groups in total. The molecule has 0 bridgehead atoms. The molecule has 3 heterocycles. The van der Waals surface area contributed by atoms with E-state index in [-0.39, 0.29) is 0 Å². The van der Waals surface area contributed by atoms with Crippen molar-refractivity contribution >= 4 is 23.0 Å². The van der Waals surface area contributed by atoms with Gasteiger partial charge in [0.05, 0.1) is 0 Å². The lowest BCUT2D eigenvalue weighted by atomic mass is 9.86. The van der Waals surface area contributed by atoms with E-state index < -0.39 is 5.60 Å². The Morgan fingerprint density at radius 2 is 1.71 bits per heavy atom. The van der Waals surface area contributed by atoms with Crippen LogP contribution >= 0.6 is 12.2 Å². The molecule has 1 aromatic carbocycles. The standard InChI is InChI=1S/C25H33N3O2S/c1-15-13-16(2)26-21(14-15)27-9-11-28(12-10-27)24(31)25(6)8-7-20-19(5)22(29)17(3)18(4)23(20)30-25/h13-14,29H,7-12H2,1-6H3. The number of anilines is 1. The molecule has 4 rings (SSSR count). The van der Waals surface area contributed by atoms with Crippen LogP contribution in [0.5, 0.6) is 11.5 Å². The number of hydrogen-bond acceptors (Lipinski definition) is 5. The van der Waals surface area contributed by atoms with E-state index >= 15 is 0 Å². The summed E-state index contributed by atoms with van der Waals surface area (Å²) >= 11 is 5.99. The van der Waals surface area contributed by atoms with Crippen molar-refractivity contribution in [3.05, 3.63) is 45.6 Å². The highest BCUT2D eigenvalue weighted by atomic mass is 32.1. The second kappa shape index (κ2) is 7.97. The Bertz CT molecular complexity index is 1020. The molecule has 0 spiro atoms. The maximum atomic E-state index is 10.4. The molecule has 0 radical (unpaired) electrons. The van der Waals surface area contributed by atoms with Crippen LogP contribution in [0.15, 0.2) is 12.1 Å². The summed E-state index contributed by atoms with van der Waals surface area (Å²) < 4.78 is 6.60. The molecule has 2 aromatic rings. The minimum Gasteiger partial charge on any atom is -0.507 e. The predicted octanol–water partition coefficient (Wildman–Crippen LogP) is 4.56. The molecule has 0 saturated carbocycles. The van der Waals surface area contributed by atoms with Crippen LogP contribution in [0.1, 0.15) is 46.9 Å². The number of aromatic nitrogens is 1. The van der Waals surface area contributed by atoms with Crippen molar-refractivity contribution in [2.75, 3.05) is 31.1 Å². The maximum Gasteiger partial charge on any atom is 0.156 e. The van der Waals surface area contributed by atoms with Crippen molar-refractivity contribution in [3.63, 3.8) is 0 Å². The summed E-state index contributed by atoms with van der Waals surface area (Å²) in [7, 11) is 0. The number of nitrogens with zero attached hydrogens (tertiary/aromatic N) is 3. The van der Waals surface area contributed by atoms with Gasteiger partial charge in [-0.1, -0.05) is 12.2 Å². The van der Waals surface area contributed by atoms with Crippen molar-refractivity contribution in [3.8, 4) is 11.5 Å². The zero-order valence-corrected chi connectivity index (χ0v) is 20.3. The van der Waals surface area contributed by atoms with E-state index in [2.05, 4.69) is 35.8 Å². The molecule has 1 fully saturated rings. The Morgan fingerprint density at radius 1 is 1.03 bits per heavy atom. The Hall–Kier alpha value is -2.34. The van der Waals surface area contributed by atoms with Crippen LogP contribution in [0.3, 0.4) is 0 Å². The first kappa shape index (κ1) is 21.9. The topological polar surface area (TPSA) is 48.8 Å². The van der Waals surface area contributed by atoms with Crippen LogP contribution in [-0.4, -0.2) is 51.8 Å². The summed E-state index contributed by atoms with van der Waals surface area (Å²) in [6.45, 7) is 15.8. The quantitative estimate of drug-likeness (QED) is 0.692. The molecule has 1 saturated heterocycles. The summed E-state index contributed by atoms with van der Waals surface area (Å²) in [6.07, 6.45) is 1.68. The molecule has 5 nitrogen and oxygen atoms in total. The van der Waals surface area contributed by atoms with Crippen molar-refractivity contribution < 1.29 is 9.84 Å². The van der Waals surface area contributed by atoms with Crippen molar-refractivity contribution in [2.45, 2.75) is 60.0 Å². The number of pyridine rings is 1. The second-order valence-electron chi connectivity index (χ2n) is 9.29. The molecule has 6 heteroatoms.